The monoisotopic (exact) mass is 315 g/mol. The van der Waals surface area contributed by atoms with E-state index in [-0.39, 0.29) is 16.7 Å². The SMILES string of the molecule is CC(=O)c1cccc(S(=O)(=O)NC2CCc3ccccc32)c1. The van der Waals surface area contributed by atoms with Crippen molar-refractivity contribution < 1.29 is 13.2 Å². The molecule has 0 aromatic heterocycles. The van der Waals surface area contributed by atoms with Crippen molar-refractivity contribution >= 4 is 15.8 Å². The molecule has 0 bridgehead atoms. The molecule has 22 heavy (non-hydrogen) atoms. The molecule has 0 spiro atoms. The van der Waals surface area contributed by atoms with Gasteiger partial charge in [-0.1, -0.05) is 36.4 Å². The van der Waals surface area contributed by atoms with Crippen LogP contribution in [-0.4, -0.2) is 14.2 Å². The molecule has 0 saturated heterocycles. The van der Waals surface area contributed by atoms with Crippen molar-refractivity contribution in [1.82, 2.24) is 4.72 Å². The van der Waals surface area contributed by atoms with Crippen LogP contribution in [0.5, 0.6) is 0 Å². The van der Waals surface area contributed by atoms with Gasteiger partial charge in [-0.15, -0.1) is 0 Å². The molecule has 1 atom stereocenters. The van der Waals surface area contributed by atoms with Crippen molar-refractivity contribution in [3.8, 4) is 0 Å². The minimum Gasteiger partial charge on any atom is -0.295 e. The number of sulfonamides is 1. The zero-order chi connectivity index (χ0) is 15.7. The first-order valence-electron chi connectivity index (χ1n) is 7.18. The second-order valence-corrected chi connectivity index (χ2v) is 7.21. The molecule has 114 valence electrons. The van der Waals surface area contributed by atoms with Crippen LogP contribution in [0.3, 0.4) is 0 Å². The van der Waals surface area contributed by atoms with E-state index in [1.165, 1.54) is 24.6 Å². The Kier molecular flexibility index (Phi) is 3.85. The fraction of sp³-hybridized carbons (Fsp3) is 0.235. The molecule has 1 unspecified atom stereocenters. The van der Waals surface area contributed by atoms with Gasteiger partial charge in [-0.2, -0.15) is 0 Å². The van der Waals surface area contributed by atoms with Crippen LogP contribution in [0.4, 0.5) is 0 Å². The van der Waals surface area contributed by atoms with Crippen molar-refractivity contribution in [2.75, 3.05) is 0 Å². The largest absolute Gasteiger partial charge is 0.295 e. The van der Waals surface area contributed by atoms with Crippen molar-refractivity contribution in [3.63, 3.8) is 0 Å². The topological polar surface area (TPSA) is 63.2 Å². The molecule has 1 N–H and O–H groups in total. The van der Waals surface area contributed by atoms with Crippen LogP contribution in [0.25, 0.3) is 0 Å². The molecule has 4 nitrogen and oxygen atoms in total. The van der Waals surface area contributed by atoms with E-state index in [4.69, 9.17) is 0 Å². The number of carbonyl (C=O) groups is 1. The number of hydrogen-bond donors (Lipinski definition) is 1. The fourth-order valence-electron chi connectivity index (χ4n) is 2.82. The Morgan fingerprint density at radius 1 is 1.14 bits per heavy atom. The van der Waals surface area contributed by atoms with Crippen LogP contribution in [0, 0.1) is 0 Å². The minimum absolute atomic E-state index is 0.129. The molecule has 0 saturated carbocycles. The third-order valence-electron chi connectivity index (χ3n) is 3.98. The zero-order valence-electron chi connectivity index (χ0n) is 12.2. The Hall–Kier alpha value is -1.98. The van der Waals surface area contributed by atoms with E-state index < -0.39 is 10.0 Å². The van der Waals surface area contributed by atoms with Gasteiger partial charge in [0.25, 0.3) is 0 Å². The number of hydrogen-bond acceptors (Lipinski definition) is 3. The van der Waals surface area contributed by atoms with Gasteiger partial charge in [0, 0.05) is 11.6 Å². The second kappa shape index (κ2) is 5.66. The van der Waals surface area contributed by atoms with E-state index in [1.54, 1.807) is 12.1 Å². The highest BCUT2D eigenvalue weighted by Crippen LogP contribution is 2.32. The summed E-state index contributed by atoms with van der Waals surface area (Å²) < 4.78 is 27.9. The molecule has 1 aliphatic rings. The Bertz CT molecular complexity index is 827. The highest BCUT2D eigenvalue weighted by atomic mass is 32.2. The molecule has 0 heterocycles. The first-order chi connectivity index (χ1) is 10.5. The standard InChI is InChI=1S/C17H17NO3S/c1-12(19)14-6-4-7-15(11-14)22(20,21)18-17-10-9-13-5-2-3-8-16(13)17/h2-8,11,17-18H,9-10H2,1H3. The van der Waals surface area contributed by atoms with Gasteiger partial charge in [-0.05, 0) is 43.0 Å². The van der Waals surface area contributed by atoms with Crippen molar-refractivity contribution in [1.29, 1.82) is 0 Å². The van der Waals surface area contributed by atoms with E-state index in [0.29, 0.717) is 5.56 Å². The van der Waals surface area contributed by atoms with Gasteiger partial charge in [0.2, 0.25) is 10.0 Å². The summed E-state index contributed by atoms with van der Waals surface area (Å²) in [6, 6.07) is 13.8. The summed E-state index contributed by atoms with van der Waals surface area (Å²) in [7, 11) is -3.64. The molecule has 0 fully saturated rings. The molecule has 1 aliphatic carbocycles. The van der Waals surface area contributed by atoms with E-state index >= 15 is 0 Å². The molecular weight excluding hydrogens is 298 g/mol. The van der Waals surface area contributed by atoms with E-state index in [9.17, 15) is 13.2 Å². The number of carbonyl (C=O) groups excluding carboxylic acids is 1. The summed E-state index contributed by atoms with van der Waals surface area (Å²) in [5.41, 5.74) is 2.62. The van der Waals surface area contributed by atoms with Crippen molar-refractivity contribution in [3.05, 3.63) is 65.2 Å². The number of Topliss-reactive ketones (excluding diaryl/α,β-unsaturated/α-hetero) is 1. The van der Waals surface area contributed by atoms with Gasteiger partial charge in [-0.25, -0.2) is 13.1 Å². The van der Waals surface area contributed by atoms with Gasteiger partial charge in [0.1, 0.15) is 0 Å². The normalized spacial score (nSPS) is 17.2. The third kappa shape index (κ3) is 2.82. The van der Waals surface area contributed by atoms with E-state index in [0.717, 1.165) is 18.4 Å². The number of rotatable bonds is 4. The third-order valence-corrected chi connectivity index (χ3v) is 5.45. The number of fused-ring (bicyclic) bond motifs is 1. The number of ketones is 1. The smallest absolute Gasteiger partial charge is 0.241 e. The number of benzene rings is 2. The average Bonchev–Trinajstić information content (AvgIpc) is 2.90. The van der Waals surface area contributed by atoms with Gasteiger partial charge in [0.15, 0.2) is 5.78 Å². The summed E-state index contributed by atoms with van der Waals surface area (Å²) in [4.78, 5) is 11.5. The van der Waals surface area contributed by atoms with Gasteiger partial charge >= 0.3 is 0 Å². The second-order valence-electron chi connectivity index (χ2n) is 5.50. The lowest BCUT2D eigenvalue weighted by Crippen LogP contribution is -2.27. The summed E-state index contributed by atoms with van der Waals surface area (Å²) in [6.45, 7) is 1.42. The quantitative estimate of drug-likeness (QED) is 0.882. The predicted octanol–water partition coefficient (Wildman–Crippen LogP) is 2.86. The molecule has 0 amide bonds. The summed E-state index contributed by atoms with van der Waals surface area (Å²) in [6.07, 6.45) is 1.63. The van der Waals surface area contributed by atoms with E-state index in [2.05, 4.69) is 4.72 Å². The van der Waals surface area contributed by atoms with Crippen LogP contribution < -0.4 is 4.72 Å². The maximum atomic E-state index is 12.6. The first-order valence-corrected chi connectivity index (χ1v) is 8.67. The van der Waals surface area contributed by atoms with Gasteiger partial charge < -0.3 is 0 Å². The molecule has 0 aliphatic heterocycles. The first kappa shape index (κ1) is 14.9. The van der Waals surface area contributed by atoms with Crippen LogP contribution in [-0.2, 0) is 16.4 Å². The van der Waals surface area contributed by atoms with Crippen LogP contribution >= 0.6 is 0 Å². The highest BCUT2D eigenvalue weighted by Gasteiger charge is 2.27. The Morgan fingerprint density at radius 2 is 1.91 bits per heavy atom. The predicted molar refractivity (Wildman–Crippen MR) is 84.3 cm³/mol. The lowest BCUT2D eigenvalue weighted by Gasteiger charge is -2.14. The highest BCUT2D eigenvalue weighted by molar-refractivity contribution is 7.89. The lowest BCUT2D eigenvalue weighted by atomic mass is 10.1. The van der Waals surface area contributed by atoms with Crippen molar-refractivity contribution in [2.45, 2.75) is 30.7 Å². The van der Waals surface area contributed by atoms with Crippen LogP contribution in [0.2, 0.25) is 0 Å². The molecule has 0 radical (unpaired) electrons. The molecular formula is C17H17NO3S. The summed E-state index contributed by atoms with van der Waals surface area (Å²) in [5.74, 6) is -0.150. The maximum absolute atomic E-state index is 12.6. The summed E-state index contributed by atoms with van der Waals surface area (Å²) in [5, 5.41) is 0. The van der Waals surface area contributed by atoms with Gasteiger partial charge in [-0.3, -0.25) is 4.79 Å². The Labute approximate surface area is 130 Å². The Morgan fingerprint density at radius 3 is 2.68 bits per heavy atom. The van der Waals surface area contributed by atoms with Crippen LogP contribution in [0.1, 0.15) is 40.9 Å². The zero-order valence-corrected chi connectivity index (χ0v) is 13.1. The molecule has 3 rings (SSSR count). The Balaban J connectivity index is 1.89. The average molecular weight is 315 g/mol. The van der Waals surface area contributed by atoms with Crippen LogP contribution in [0.15, 0.2) is 53.4 Å². The lowest BCUT2D eigenvalue weighted by molar-refractivity contribution is 0.101. The number of nitrogens with one attached hydrogen (secondary N) is 1. The minimum atomic E-state index is -3.64. The summed E-state index contributed by atoms with van der Waals surface area (Å²) >= 11 is 0. The van der Waals surface area contributed by atoms with E-state index in [1.807, 2.05) is 24.3 Å². The number of aryl methyl sites for hydroxylation is 1. The van der Waals surface area contributed by atoms with Crippen molar-refractivity contribution in [2.24, 2.45) is 0 Å². The fourth-order valence-corrected chi connectivity index (χ4v) is 4.11. The van der Waals surface area contributed by atoms with Gasteiger partial charge in [0.05, 0.1) is 4.90 Å². The molecule has 2 aromatic carbocycles. The molecule has 5 heteroatoms. The maximum Gasteiger partial charge on any atom is 0.241 e. The molecule has 2 aromatic rings.